The van der Waals surface area contributed by atoms with Crippen LogP contribution in [0.5, 0.6) is 5.75 Å². The van der Waals surface area contributed by atoms with Crippen molar-refractivity contribution in [3.63, 3.8) is 0 Å². The number of hydrogen-bond donors (Lipinski definition) is 0. The van der Waals surface area contributed by atoms with Crippen LogP contribution in [0.2, 0.25) is 0 Å². The Kier molecular flexibility index (Phi) is 7.19. The molecule has 0 saturated carbocycles. The number of aryl methyl sites for hydroxylation is 1. The zero-order chi connectivity index (χ0) is 21.8. The van der Waals surface area contributed by atoms with Gasteiger partial charge in [0.05, 0.1) is 15.6 Å². The van der Waals surface area contributed by atoms with E-state index in [1.54, 1.807) is 6.08 Å². The molecule has 1 fully saturated rings. The second-order valence-corrected chi connectivity index (χ2v) is 8.87. The first-order valence-electron chi connectivity index (χ1n) is 9.13. The lowest BCUT2D eigenvalue weighted by Gasteiger charge is -2.18. The van der Waals surface area contributed by atoms with Crippen LogP contribution in [0.3, 0.4) is 0 Å². The fraction of sp³-hybridized carbons (Fsp3) is 0.227. The third kappa shape index (κ3) is 5.04. The summed E-state index contributed by atoms with van der Waals surface area (Å²) in [7, 11) is 1.22. The van der Waals surface area contributed by atoms with Crippen molar-refractivity contribution in [1.29, 1.82) is 0 Å². The summed E-state index contributed by atoms with van der Waals surface area (Å²) in [5.74, 6) is -0.400. The van der Waals surface area contributed by atoms with E-state index in [4.69, 9.17) is 4.74 Å². The van der Waals surface area contributed by atoms with Crippen molar-refractivity contribution >= 4 is 57.5 Å². The molecule has 156 valence electrons. The number of ether oxygens (including phenoxy) is 2. The Morgan fingerprint density at radius 2 is 2.00 bits per heavy atom. The second kappa shape index (κ2) is 9.65. The highest BCUT2D eigenvalue weighted by atomic mass is 127. The number of carbonyl (C=O) groups excluding carboxylic acids is 3. The molecular weight excluding hydrogens is 517 g/mol. The highest BCUT2D eigenvalue weighted by molar-refractivity contribution is 14.1. The maximum atomic E-state index is 12.6. The van der Waals surface area contributed by atoms with Crippen LogP contribution in [-0.4, -0.2) is 35.2 Å². The fourth-order valence-electron chi connectivity index (χ4n) is 2.93. The molecule has 1 aliphatic rings. The molecule has 2 aromatic carbocycles. The van der Waals surface area contributed by atoms with Gasteiger partial charge in [0.2, 0.25) is 0 Å². The van der Waals surface area contributed by atoms with E-state index in [0.717, 1.165) is 37.1 Å². The number of benzene rings is 2. The Bertz CT molecular complexity index is 1040. The van der Waals surface area contributed by atoms with Gasteiger partial charge in [-0.15, -0.1) is 0 Å². The molecule has 0 aliphatic carbocycles. The van der Waals surface area contributed by atoms with Crippen molar-refractivity contribution in [2.24, 2.45) is 0 Å². The van der Waals surface area contributed by atoms with Crippen LogP contribution in [0, 0.1) is 10.5 Å². The van der Waals surface area contributed by atoms with Crippen LogP contribution >= 0.6 is 34.4 Å². The van der Waals surface area contributed by atoms with E-state index >= 15 is 0 Å². The van der Waals surface area contributed by atoms with Crippen LogP contribution in [0.25, 0.3) is 6.08 Å². The van der Waals surface area contributed by atoms with Crippen molar-refractivity contribution in [3.8, 4) is 5.75 Å². The summed E-state index contributed by atoms with van der Waals surface area (Å²) in [4.78, 5) is 37.7. The van der Waals surface area contributed by atoms with Gasteiger partial charge in [-0.05, 0) is 77.5 Å². The lowest BCUT2D eigenvalue weighted by atomic mass is 10.1. The van der Waals surface area contributed by atoms with Gasteiger partial charge in [0.25, 0.3) is 11.1 Å². The fourth-order valence-corrected chi connectivity index (χ4v) is 4.53. The van der Waals surface area contributed by atoms with Gasteiger partial charge in [0.1, 0.15) is 18.4 Å². The predicted molar refractivity (Wildman–Crippen MR) is 124 cm³/mol. The van der Waals surface area contributed by atoms with E-state index in [2.05, 4.69) is 33.4 Å². The molecule has 0 spiro atoms. The molecule has 0 N–H and O–H groups in total. The number of nitrogens with zero attached hydrogens (tertiary/aromatic N) is 1. The molecule has 1 aliphatic heterocycles. The first-order valence-corrected chi connectivity index (χ1v) is 11.0. The number of esters is 1. The topological polar surface area (TPSA) is 72.9 Å². The van der Waals surface area contributed by atoms with Gasteiger partial charge >= 0.3 is 5.97 Å². The molecule has 8 heteroatoms. The van der Waals surface area contributed by atoms with E-state index in [1.807, 2.05) is 43.3 Å². The van der Waals surface area contributed by atoms with Crippen molar-refractivity contribution < 1.29 is 23.9 Å². The summed E-state index contributed by atoms with van der Waals surface area (Å²) >= 11 is 2.98. The first kappa shape index (κ1) is 22.4. The summed E-state index contributed by atoms with van der Waals surface area (Å²) in [5.41, 5.74) is 3.03. The minimum absolute atomic E-state index is 0.264. The highest BCUT2D eigenvalue weighted by Crippen LogP contribution is 2.34. The quantitative estimate of drug-likeness (QED) is 0.300. The molecule has 1 atom stereocenters. The average Bonchev–Trinajstić information content (AvgIpc) is 2.99. The number of imide groups is 1. The van der Waals surface area contributed by atoms with Crippen LogP contribution in [0.4, 0.5) is 4.79 Å². The van der Waals surface area contributed by atoms with Gasteiger partial charge in [0, 0.05) is 0 Å². The molecule has 1 saturated heterocycles. The maximum Gasteiger partial charge on any atom is 0.328 e. The summed E-state index contributed by atoms with van der Waals surface area (Å²) in [5, 5.41) is -0.489. The zero-order valence-electron chi connectivity index (χ0n) is 16.7. The molecule has 0 bridgehead atoms. The summed E-state index contributed by atoms with van der Waals surface area (Å²) in [6, 6.07) is 12.7. The molecule has 30 heavy (non-hydrogen) atoms. The van der Waals surface area contributed by atoms with Gasteiger partial charge in [-0.2, -0.15) is 0 Å². The molecular formula is C22H20INO5S. The molecule has 1 heterocycles. The molecule has 0 radical (unpaired) electrons. The Morgan fingerprint density at radius 3 is 2.67 bits per heavy atom. The minimum Gasteiger partial charge on any atom is -0.488 e. The van der Waals surface area contributed by atoms with E-state index < -0.39 is 23.2 Å². The third-order valence-electron chi connectivity index (χ3n) is 4.48. The second-order valence-electron chi connectivity index (χ2n) is 6.72. The number of halogens is 1. The highest BCUT2D eigenvalue weighted by Gasteiger charge is 2.41. The molecule has 6 nitrogen and oxygen atoms in total. The van der Waals surface area contributed by atoms with Crippen molar-refractivity contribution in [2.45, 2.75) is 26.5 Å². The van der Waals surface area contributed by atoms with Crippen molar-refractivity contribution in [3.05, 3.63) is 67.6 Å². The number of rotatable bonds is 6. The lowest BCUT2D eigenvalue weighted by molar-refractivity contribution is -0.148. The van der Waals surface area contributed by atoms with Gasteiger partial charge < -0.3 is 9.47 Å². The Morgan fingerprint density at radius 1 is 1.23 bits per heavy atom. The maximum absolute atomic E-state index is 12.6. The first-order chi connectivity index (χ1) is 14.3. The Labute approximate surface area is 192 Å². The smallest absolute Gasteiger partial charge is 0.328 e. The van der Waals surface area contributed by atoms with Crippen LogP contribution in [0.15, 0.2) is 47.4 Å². The van der Waals surface area contributed by atoms with E-state index in [0.29, 0.717) is 6.61 Å². The van der Waals surface area contributed by atoms with E-state index in [-0.39, 0.29) is 4.91 Å². The summed E-state index contributed by atoms with van der Waals surface area (Å²) < 4.78 is 11.4. The van der Waals surface area contributed by atoms with E-state index in [9.17, 15) is 14.4 Å². The molecule has 0 aromatic heterocycles. The lowest BCUT2D eigenvalue weighted by Crippen LogP contribution is -2.42. The number of carbonyl (C=O) groups is 3. The molecule has 2 amide bonds. The number of methoxy groups -OCH3 is 1. The average molecular weight is 537 g/mol. The van der Waals surface area contributed by atoms with Crippen LogP contribution < -0.4 is 4.74 Å². The third-order valence-corrected chi connectivity index (χ3v) is 6.21. The van der Waals surface area contributed by atoms with Crippen molar-refractivity contribution in [2.75, 3.05) is 7.11 Å². The Hall–Kier alpha value is -2.33. The van der Waals surface area contributed by atoms with Gasteiger partial charge in [-0.3, -0.25) is 14.5 Å². The van der Waals surface area contributed by atoms with E-state index in [1.165, 1.54) is 19.6 Å². The summed E-state index contributed by atoms with van der Waals surface area (Å²) in [6.07, 6.45) is 1.64. The van der Waals surface area contributed by atoms with Gasteiger partial charge in [0.15, 0.2) is 0 Å². The number of amides is 2. The van der Waals surface area contributed by atoms with Crippen LogP contribution in [0.1, 0.15) is 23.6 Å². The summed E-state index contributed by atoms with van der Waals surface area (Å²) in [6.45, 7) is 3.96. The number of thioether (sulfide) groups is 1. The predicted octanol–water partition coefficient (Wildman–Crippen LogP) is 4.78. The Balaban J connectivity index is 1.73. The van der Waals surface area contributed by atoms with Gasteiger partial charge in [-0.25, -0.2) is 4.79 Å². The minimum atomic E-state index is -0.967. The number of hydrogen-bond acceptors (Lipinski definition) is 6. The largest absolute Gasteiger partial charge is 0.488 e. The molecule has 3 rings (SSSR count). The monoisotopic (exact) mass is 537 g/mol. The van der Waals surface area contributed by atoms with Gasteiger partial charge in [-0.1, -0.05) is 35.9 Å². The van der Waals surface area contributed by atoms with Crippen LogP contribution in [-0.2, 0) is 20.9 Å². The molecule has 2 aromatic rings. The normalized spacial score (nSPS) is 16.1. The molecule has 0 unspecified atom stereocenters. The van der Waals surface area contributed by atoms with Crippen molar-refractivity contribution in [1.82, 2.24) is 4.90 Å². The standard InChI is InChI=1S/C22H20INO5S/c1-13-5-4-6-16(9-13)12-29-18-8-7-15(10-17(18)23)11-19-20(25)24(22(27)30-19)14(2)21(26)28-3/h4-11,14H,12H2,1-3H3/b19-11+/t14-/m1/s1. The SMILES string of the molecule is COC(=O)[C@@H](C)N1C(=O)S/C(=C/c2ccc(OCc3cccc(C)c3)c(I)c2)C1=O. The zero-order valence-corrected chi connectivity index (χ0v) is 19.7.